The average Bonchev–Trinajstić information content (AvgIpc) is 2.50. The lowest BCUT2D eigenvalue weighted by molar-refractivity contribution is 0.0948. The molecular formula is C18H24N4O. The number of rotatable bonds is 6. The lowest BCUT2D eigenvalue weighted by atomic mass is 10.1. The molecule has 0 bridgehead atoms. The Morgan fingerprint density at radius 1 is 1.09 bits per heavy atom. The fourth-order valence-corrected chi connectivity index (χ4v) is 2.18. The number of hydrogen-bond donors (Lipinski definition) is 2. The van der Waals surface area contributed by atoms with E-state index in [-0.39, 0.29) is 5.91 Å². The highest BCUT2D eigenvalue weighted by molar-refractivity contribution is 5.93. The Hall–Kier alpha value is -2.43. The maximum atomic E-state index is 12.1. The fraction of sp³-hybridized carbons (Fsp3) is 0.389. The Labute approximate surface area is 137 Å². The van der Waals surface area contributed by atoms with Crippen LogP contribution in [-0.4, -0.2) is 22.4 Å². The molecule has 5 nitrogen and oxygen atoms in total. The Balaban J connectivity index is 2.16. The van der Waals surface area contributed by atoms with E-state index in [0.29, 0.717) is 23.9 Å². The first-order valence-corrected chi connectivity index (χ1v) is 7.97. The molecule has 5 heteroatoms. The van der Waals surface area contributed by atoms with Gasteiger partial charge in [0.25, 0.3) is 5.91 Å². The van der Waals surface area contributed by atoms with Gasteiger partial charge in [0.05, 0.1) is 0 Å². The van der Waals surface area contributed by atoms with Crippen LogP contribution in [0.15, 0.2) is 24.3 Å². The van der Waals surface area contributed by atoms with Crippen molar-refractivity contribution in [3.63, 3.8) is 0 Å². The van der Waals surface area contributed by atoms with Crippen molar-refractivity contribution < 1.29 is 4.79 Å². The number of nitrogens with one attached hydrogen (secondary N) is 2. The summed E-state index contributed by atoms with van der Waals surface area (Å²) < 4.78 is 0. The predicted molar refractivity (Wildman–Crippen MR) is 93.2 cm³/mol. The summed E-state index contributed by atoms with van der Waals surface area (Å²) in [6, 6.07) is 7.81. The second kappa shape index (κ2) is 7.72. The van der Waals surface area contributed by atoms with Crippen LogP contribution in [0.3, 0.4) is 0 Å². The molecule has 0 aliphatic heterocycles. The standard InChI is InChI=1S/C18H24N4O/c1-5-6-9-19-18(23)16-11-17(21-14(4)20-16)22-15-8-7-12(2)13(3)10-15/h7-8,10-11H,5-6,9H2,1-4H3,(H,19,23)(H,20,21,22). The first-order chi connectivity index (χ1) is 11.0. The second-order valence-electron chi connectivity index (χ2n) is 5.72. The van der Waals surface area contributed by atoms with E-state index in [0.717, 1.165) is 18.5 Å². The number of hydrogen-bond acceptors (Lipinski definition) is 4. The molecule has 2 rings (SSSR count). The lowest BCUT2D eigenvalue weighted by Crippen LogP contribution is -2.25. The van der Waals surface area contributed by atoms with Crippen LogP contribution in [0.25, 0.3) is 0 Å². The van der Waals surface area contributed by atoms with Crippen LogP contribution >= 0.6 is 0 Å². The van der Waals surface area contributed by atoms with Crippen LogP contribution in [0.5, 0.6) is 0 Å². The highest BCUT2D eigenvalue weighted by Gasteiger charge is 2.10. The summed E-state index contributed by atoms with van der Waals surface area (Å²) in [5, 5.41) is 6.12. The molecule has 1 amide bonds. The number of carbonyl (C=O) groups excluding carboxylic acids is 1. The zero-order valence-electron chi connectivity index (χ0n) is 14.2. The molecular weight excluding hydrogens is 288 g/mol. The van der Waals surface area contributed by atoms with Crippen LogP contribution in [0.2, 0.25) is 0 Å². The van der Waals surface area contributed by atoms with E-state index in [1.165, 1.54) is 11.1 Å². The lowest BCUT2D eigenvalue weighted by Gasteiger charge is -2.10. The molecule has 23 heavy (non-hydrogen) atoms. The van der Waals surface area contributed by atoms with Crippen molar-refractivity contribution in [2.45, 2.75) is 40.5 Å². The van der Waals surface area contributed by atoms with Gasteiger partial charge in [-0.1, -0.05) is 19.4 Å². The summed E-state index contributed by atoms with van der Waals surface area (Å²) >= 11 is 0. The van der Waals surface area contributed by atoms with E-state index in [1.807, 2.05) is 6.07 Å². The number of unbranched alkanes of at least 4 members (excludes halogenated alkanes) is 1. The maximum absolute atomic E-state index is 12.1. The van der Waals surface area contributed by atoms with Crippen molar-refractivity contribution in [2.24, 2.45) is 0 Å². The van der Waals surface area contributed by atoms with E-state index in [2.05, 4.69) is 53.5 Å². The number of anilines is 2. The Morgan fingerprint density at radius 3 is 2.57 bits per heavy atom. The quantitative estimate of drug-likeness (QED) is 0.799. The number of benzene rings is 1. The molecule has 0 aliphatic rings. The van der Waals surface area contributed by atoms with E-state index in [9.17, 15) is 4.79 Å². The summed E-state index contributed by atoms with van der Waals surface area (Å²) in [6.45, 7) is 8.68. The van der Waals surface area contributed by atoms with E-state index in [1.54, 1.807) is 13.0 Å². The number of aromatic nitrogens is 2. The molecule has 2 aromatic rings. The van der Waals surface area contributed by atoms with Crippen molar-refractivity contribution in [3.05, 3.63) is 46.9 Å². The molecule has 0 spiro atoms. The molecule has 0 aliphatic carbocycles. The topological polar surface area (TPSA) is 66.9 Å². The molecule has 0 fully saturated rings. The van der Waals surface area contributed by atoms with E-state index >= 15 is 0 Å². The second-order valence-corrected chi connectivity index (χ2v) is 5.72. The minimum Gasteiger partial charge on any atom is -0.351 e. The van der Waals surface area contributed by atoms with E-state index < -0.39 is 0 Å². The van der Waals surface area contributed by atoms with Gasteiger partial charge in [0, 0.05) is 18.3 Å². The highest BCUT2D eigenvalue weighted by atomic mass is 16.1. The molecule has 0 atom stereocenters. The third kappa shape index (κ3) is 4.77. The first kappa shape index (κ1) is 16.9. The number of carbonyl (C=O) groups is 1. The van der Waals surface area contributed by atoms with Crippen LogP contribution in [0.4, 0.5) is 11.5 Å². The van der Waals surface area contributed by atoms with Crippen LogP contribution in [0, 0.1) is 20.8 Å². The molecule has 0 radical (unpaired) electrons. The molecule has 1 aromatic carbocycles. The van der Waals surface area contributed by atoms with Crippen molar-refractivity contribution in [2.75, 3.05) is 11.9 Å². The van der Waals surface area contributed by atoms with E-state index in [4.69, 9.17) is 0 Å². The molecule has 122 valence electrons. The number of nitrogens with zero attached hydrogens (tertiary/aromatic N) is 2. The molecule has 1 aromatic heterocycles. The summed E-state index contributed by atoms with van der Waals surface area (Å²) in [6.07, 6.45) is 2.01. The van der Waals surface area contributed by atoms with Gasteiger partial charge in [-0.25, -0.2) is 9.97 Å². The Bertz CT molecular complexity index is 697. The largest absolute Gasteiger partial charge is 0.351 e. The van der Waals surface area contributed by atoms with Crippen molar-refractivity contribution in [3.8, 4) is 0 Å². The van der Waals surface area contributed by atoms with Gasteiger partial charge < -0.3 is 10.6 Å². The predicted octanol–water partition coefficient (Wildman–Crippen LogP) is 3.68. The number of amides is 1. The third-order valence-corrected chi connectivity index (χ3v) is 3.67. The summed E-state index contributed by atoms with van der Waals surface area (Å²) in [7, 11) is 0. The van der Waals surface area contributed by atoms with Crippen LogP contribution in [0.1, 0.15) is 47.2 Å². The maximum Gasteiger partial charge on any atom is 0.270 e. The molecule has 0 unspecified atom stereocenters. The normalized spacial score (nSPS) is 10.4. The van der Waals surface area contributed by atoms with Crippen molar-refractivity contribution in [1.82, 2.24) is 15.3 Å². The minimum atomic E-state index is -0.160. The number of aryl methyl sites for hydroxylation is 3. The Morgan fingerprint density at radius 2 is 1.87 bits per heavy atom. The fourth-order valence-electron chi connectivity index (χ4n) is 2.18. The average molecular weight is 312 g/mol. The van der Waals surface area contributed by atoms with Gasteiger partial charge in [-0.15, -0.1) is 0 Å². The minimum absolute atomic E-state index is 0.160. The van der Waals surface area contributed by atoms with Gasteiger partial charge in [0.15, 0.2) is 0 Å². The SMILES string of the molecule is CCCCNC(=O)c1cc(Nc2ccc(C)c(C)c2)nc(C)n1. The third-order valence-electron chi connectivity index (χ3n) is 3.67. The van der Waals surface area contributed by atoms with Gasteiger partial charge >= 0.3 is 0 Å². The summed E-state index contributed by atoms with van der Waals surface area (Å²) in [5.41, 5.74) is 3.78. The van der Waals surface area contributed by atoms with Crippen LogP contribution < -0.4 is 10.6 Å². The molecule has 0 saturated heterocycles. The first-order valence-electron chi connectivity index (χ1n) is 7.97. The summed E-state index contributed by atoms with van der Waals surface area (Å²) in [4.78, 5) is 20.7. The summed E-state index contributed by atoms with van der Waals surface area (Å²) in [5.74, 6) is 1.04. The van der Waals surface area contributed by atoms with Crippen molar-refractivity contribution >= 4 is 17.4 Å². The molecule has 2 N–H and O–H groups in total. The van der Waals surface area contributed by atoms with Gasteiger partial charge in [-0.05, 0) is 50.5 Å². The Kier molecular flexibility index (Phi) is 5.68. The molecule has 0 saturated carbocycles. The van der Waals surface area contributed by atoms with Crippen molar-refractivity contribution in [1.29, 1.82) is 0 Å². The zero-order chi connectivity index (χ0) is 16.8. The smallest absolute Gasteiger partial charge is 0.270 e. The van der Waals surface area contributed by atoms with Gasteiger partial charge in [0.1, 0.15) is 17.3 Å². The monoisotopic (exact) mass is 312 g/mol. The van der Waals surface area contributed by atoms with Crippen LogP contribution in [-0.2, 0) is 0 Å². The zero-order valence-corrected chi connectivity index (χ0v) is 14.2. The van der Waals surface area contributed by atoms with Gasteiger partial charge in [0.2, 0.25) is 0 Å². The highest BCUT2D eigenvalue weighted by Crippen LogP contribution is 2.19. The van der Waals surface area contributed by atoms with Gasteiger partial charge in [-0.2, -0.15) is 0 Å². The molecule has 1 heterocycles. The van der Waals surface area contributed by atoms with Gasteiger partial charge in [-0.3, -0.25) is 4.79 Å².